The first-order valence-corrected chi connectivity index (χ1v) is 7.95. The van der Waals surface area contributed by atoms with E-state index in [1.54, 1.807) is 11.3 Å². The molecule has 1 saturated heterocycles. The number of rotatable bonds is 3. The zero-order valence-electron chi connectivity index (χ0n) is 11.0. The summed E-state index contributed by atoms with van der Waals surface area (Å²) in [5.74, 6) is 0.894. The van der Waals surface area contributed by atoms with Crippen molar-refractivity contribution in [2.75, 3.05) is 13.1 Å². The Balaban J connectivity index is 0.00000180. The molecule has 0 spiro atoms. The SMILES string of the molecule is CC1CCN(C(=O)Cc2ccc(Br)s2)C(CN)C1.Cl. The topological polar surface area (TPSA) is 46.3 Å². The van der Waals surface area contributed by atoms with Crippen LogP contribution in [0, 0.1) is 5.92 Å². The van der Waals surface area contributed by atoms with Gasteiger partial charge in [0, 0.05) is 24.0 Å². The molecule has 6 heteroatoms. The lowest BCUT2D eigenvalue weighted by molar-refractivity contribution is -0.134. The summed E-state index contributed by atoms with van der Waals surface area (Å²) in [6.07, 6.45) is 2.63. The van der Waals surface area contributed by atoms with Gasteiger partial charge >= 0.3 is 0 Å². The number of thiophene rings is 1. The van der Waals surface area contributed by atoms with Crippen LogP contribution in [0.5, 0.6) is 0 Å². The molecule has 1 aromatic heterocycles. The number of hydrogen-bond donors (Lipinski definition) is 1. The second-order valence-electron chi connectivity index (χ2n) is 4.99. The second-order valence-corrected chi connectivity index (χ2v) is 7.54. The van der Waals surface area contributed by atoms with Crippen molar-refractivity contribution in [3.8, 4) is 0 Å². The number of amides is 1. The molecule has 1 aromatic rings. The van der Waals surface area contributed by atoms with E-state index in [4.69, 9.17) is 5.73 Å². The number of piperidine rings is 1. The predicted octanol–water partition coefficient (Wildman–Crippen LogP) is 3.06. The quantitative estimate of drug-likeness (QED) is 0.892. The lowest BCUT2D eigenvalue weighted by Gasteiger charge is -2.38. The van der Waals surface area contributed by atoms with Gasteiger partial charge in [-0.3, -0.25) is 4.79 Å². The highest BCUT2D eigenvalue weighted by atomic mass is 79.9. The lowest BCUT2D eigenvalue weighted by Crippen LogP contribution is -2.49. The molecule has 3 nitrogen and oxygen atoms in total. The minimum absolute atomic E-state index is 0. The van der Waals surface area contributed by atoms with Gasteiger partial charge in [-0.25, -0.2) is 0 Å². The standard InChI is InChI=1S/C13H19BrN2OS.ClH/c1-9-4-5-16(10(6-9)8-15)13(17)7-11-2-3-12(14)18-11;/h2-3,9-10H,4-8,15H2,1H3;1H. The van der Waals surface area contributed by atoms with Crippen LogP contribution in [-0.2, 0) is 11.2 Å². The minimum Gasteiger partial charge on any atom is -0.338 e. The third-order valence-corrected chi connectivity index (χ3v) is 5.15. The molecule has 1 aliphatic heterocycles. The summed E-state index contributed by atoms with van der Waals surface area (Å²) in [5, 5.41) is 0. The van der Waals surface area contributed by atoms with E-state index in [1.165, 1.54) is 0 Å². The van der Waals surface area contributed by atoms with E-state index in [0.717, 1.165) is 28.0 Å². The smallest absolute Gasteiger partial charge is 0.228 e. The highest BCUT2D eigenvalue weighted by Crippen LogP contribution is 2.25. The van der Waals surface area contributed by atoms with Crippen LogP contribution in [0.3, 0.4) is 0 Å². The predicted molar refractivity (Wildman–Crippen MR) is 85.9 cm³/mol. The number of carbonyl (C=O) groups excluding carboxylic acids is 1. The van der Waals surface area contributed by atoms with E-state index in [2.05, 4.69) is 22.9 Å². The maximum Gasteiger partial charge on any atom is 0.228 e. The van der Waals surface area contributed by atoms with Crippen molar-refractivity contribution in [1.82, 2.24) is 4.90 Å². The largest absolute Gasteiger partial charge is 0.338 e. The van der Waals surface area contributed by atoms with Gasteiger partial charge in [-0.15, -0.1) is 23.7 Å². The molecule has 2 unspecified atom stereocenters. The number of nitrogens with two attached hydrogens (primary N) is 1. The molecule has 1 aliphatic rings. The molecule has 2 atom stereocenters. The second kappa shape index (κ2) is 7.62. The van der Waals surface area contributed by atoms with Gasteiger partial charge in [0.15, 0.2) is 0 Å². The van der Waals surface area contributed by atoms with Crippen molar-refractivity contribution >= 4 is 45.6 Å². The fourth-order valence-electron chi connectivity index (χ4n) is 2.50. The Hall–Kier alpha value is -0.100. The van der Waals surface area contributed by atoms with E-state index in [0.29, 0.717) is 18.9 Å². The maximum atomic E-state index is 12.3. The summed E-state index contributed by atoms with van der Waals surface area (Å²) in [6, 6.07) is 4.23. The van der Waals surface area contributed by atoms with Gasteiger partial charge in [-0.1, -0.05) is 6.92 Å². The molecule has 1 fully saturated rings. The van der Waals surface area contributed by atoms with Gasteiger partial charge in [0.1, 0.15) is 0 Å². The van der Waals surface area contributed by atoms with Crippen molar-refractivity contribution in [2.45, 2.75) is 32.2 Å². The molecule has 19 heavy (non-hydrogen) atoms. The monoisotopic (exact) mass is 366 g/mol. The fourth-order valence-corrected chi connectivity index (χ4v) is 3.97. The fraction of sp³-hybridized carbons (Fsp3) is 0.615. The highest BCUT2D eigenvalue weighted by Gasteiger charge is 2.28. The Bertz CT molecular complexity index is 427. The van der Waals surface area contributed by atoms with Crippen LogP contribution in [0.2, 0.25) is 0 Å². The molecule has 108 valence electrons. The zero-order valence-corrected chi connectivity index (χ0v) is 14.2. The van der Waals surface area contributed by atoms with Gasteiger partial charge in [-0.2, -0.15) is 0 Å². The first-order valence-electron chi connectivity index (χ1n) is 6.34. The Labute approximate surface area is 133 Å². The van der Waals surface area contributed by atoms with Crippen LogP contribution in [0.25, 0.3) is 0 Å². The van der Waals surface area contributed by atoms with Gasteiger partial charge in [0.05, 0.1) is 10.2 Å². The summed E-state index contributed by atoms with van der Waals surface area (Å²) in [5.41, 5.74) is 5.79. The van der Waals surface area contributed by atoms with Gasteiger partial charge in [-0.05, 0) is 46.8 Å². The van der Waals surface area contributed by atoms with Crippen LogP contribution in [0.4, 0.5) is 0 Å². The average molecular weight is 368 g/mol. The molecular weight excluding hydrogens is 348 g/mol. The number of halogens is 2. The summed E-state index contributed by atoms with van der Waals surface area (Å²) < 4.78 is 1.08. The molecule has 0 saturated carbocycles. The normalized spacial score (nSPS) is 23.0. The zero-order chi connectivity index (χ0) is 13.1. The van der Waals surface area contributed by atoms with Crippen LogP contribution < -0.4 is 5.73 Å². The average Bonchev–Trinajstić information content (AvgIpc) is 2.74. The van der Waals surface area contributed by atoms with Gasteiger partial charge < -0.3 is 10.6 Å². The molecule has 2 N–H and O–H groups in total. The molecule has 0 aliphatic carbocycles. The van der Waals surface area contributed by atoms with E-state index in [9.17, 15) is 4.79 Å². The van der Waals surface area contributed by atoms with Crippen molar-refractivity contribution in [3.05, 3.63) is 20.8 Å². The summed E-state index contributed by atoms with van der Waals surface area (Å²) >= 11 is 5.05. The van der Waals surface area contributed by atoms with Crippen molar-refractivity contribution in [2.24, 2.45) is 11.7 Å². The molecule has 0 aromatic carbocycles. The number of nitrogens with zero attached hydrogens (tertiary/aromatic N) is 1. The third-order valence-electron chi connectivity index (χ3n) is 3.52. The summed E-state index contributed by atoms with van der Waals surface area (Å²) in [6.45, 7) is 3.67. The number of hydrogen-bond acceptors (Lipinski definition) is 3. The van der Waals surface area contributed by atoms with Crippen molar-refractivity contribution in [3.63, 3.8) is 0 Å². The first-order chi connectivity index (χ1) is 8.60. The molecule has 2 rings (SSSR count). The molecule has 0 bridgehead atoms. The van der Waals surface area contributed by atoms with E-state index in [-0.39, 0.29) is 24.4 Å². The molecular formula is C13H20BrClN2OS. The maximum absolute atomic E-state index is 12.3. The molecule has 2 heterocycles. The van der Waals surface area contributed by atoms with Gasteiger partial charge in [0.2, 0.25) is 5.91 Å². The van der Waals surface area contributed by atoms with Crippen LogP contribution >= 0.6 is 39.7 Å². The lowest BCUT2D eigenvalue weighted by atomic mass is 9.92. The summed E-state index contributed by atoms with van der Waals surface area (Å²) in [7, 11) is 0. The molecule has 1 amide bonds. The number of likely N-dealkylation sites (tertiary alicyclic amines) is 1. The van der Waals surface area contributed by atoms with Crippen LogP contribution in [0.1, 0.15) is 24.6 Å². The first kappa shape index (κ1) is 17.0. The Kier molecular flexibility index (Phi) is 6.80. The Morgan fingerprint density at radius 1 is 1.58 bits per heavy atom. The van der Waals surface area contributed by atoms with Crippen molar-refractivity contribution in [1.29, 1.82) is 0 Å². The minimum atomic E-state index is 0. The molecule has 0 radical (unpaired) electrons. The van der Waals surface area contributed by atoms with E-state index in [1.807, 2.05) is 17.0 Å². The van der Waals surface area contributed by atoms with Crippen molar-refractivity contribution < 1.29 is 4.79 Å². The van der Waals surface area contributed by atoms with Crippen LogP contribution in [0.15, 0.2) is 15.9 Å². The van der Waals surface area contributed by atoms with E-state index >= 15 is 0 Å². The van der Waals surface area contributed by atoms with E-state index < -0.39 is 0 Å². The van der Waals surface area contributed by atoms with Gasteiger partial charge in [0.25, 0.3) is 0 Å². The highest BCUT2D eigenvalue weighted by molar-refractivity contribution is 9.11. The Morgan fingerprint density at radius 2 is 2.32 bits per heavy atom. The Morgan fingerprint density at radius 3 is 2.89 bits per heavy atom. The third kappa shape index (κ3) is 4.45. The van der Waals surface area contributed by atoms with Crippen LogP contribution in [-0.4, -0.2) is 29.9 Å². The number of carbonyl (C=O) groups is 1. The summed E-state index contributed by atoms with van der Waals surface area (Å²) in [4.78, 5) is 15.4.